The van der Waals surface area contributed by atoms with Crippen LogP contribution < -0.4 is 0 Å². The van der Waals surface area contributed by atoms with Crippen molar-refractivity contribution in [2.45, 2.75) is 71.1 Å². The number of hydrogen-bond donors (Lipinski definition) is 3. The summed E-state index contributed by atoms with van der Waals surface area (Å²) in [7, 11) is 0. The molecule has 0 bridgehead atoms. The molecule has 1 rings (SSSR count). The molecule has 6 heteroatoms. The van der Waals surface area contributed by atoms with Gasteiger partial charge in [-0.05, 0) is 12.3 Å². The first kappa shape index (κ1) is 17.4. The van der Waals surface area contributed by atoms with Crippen molar-refractivity contribution in [3.63, 3.8) is 0 Å². The lowest BCUT2D eigenvalue weighted by molar-refractivity contribution is -0.227. The van der Waals surface area contributed by atoms with Gasteiger partial charge in [0, 0.05) is 0 Å². The standard InChI is InChI=1S/C14H26O6/c1-5-14(3,4)6-10(15)19-7-9-12(17)13(18)11(16)8(2)20-9/h8-9,11-13,16-18H,5-7H2,1-4H3. The van der Waals surface area contributed by atoms with E-state index in [4.69, 9.17) is 9.47 Å². The molecule has 0 aromatic rings. The van der Waals surface area contributed by atoms with Crippen LogP contribution in [0.5, 0.6) is 0 Å². The molecule has 0 aliphatic carbocycles. The zero-order chi connectivity index (χ0) is 15.5. The Morgan fingerprint density at radius 2 is 1.80 bits per heavy atom. The summed E-state index contributed by atoms with van der Waals surface area (Å²) in [5.74, 6) is -0.360. The molecule has 1 aliphatic heterocycles. The fourth-order valence-corrected chi connectivity index (χ4v) is 2.02. The Morgan fingerprint density at radius 3 is 2.35 bits per heavy atom. The minimum Gasteiger partial charge on any atom is -0.463 e. The zero-order valence-electron chi connectivity index (χ0n) is 12.6. The van der Waals surface area contributed by atoms with Crippen molar-refractivity contribution in [1.82, 2.24) is 0 Å². The van der Waals surface area contributed by atoms with Crippen LogP contribution in [0.15, 0.2) is 0 Å². The molecular weight excluding hydrogens is 264 g/mol. The van der Waals surface area contributed by atoms with Crippen LogP contribution in [0.25, 0.3) is 0 Å². The molecule has 20 heavy (non-hydrogen) atoms. The van der Waals surface area contributed by atoms with E-state index in [1.807, 2.05) is 20.8 Å². The van der Waals surface area contributed by atoms with Gasteiger partial charge < -0.3 is 24.8 Å². The van der Waals surface area contributed by atoms with Crippen LogP contribution in [0.4, 0.5) is 0 Å². The van der Waals surface area contributed by atoms with E-state index in [-0.39, 0.29) is 24.4 Å². The summed E-state index contributed by atoms with van der Waals surface area (Å²) in [5, 5.41) is 29.0. The first-order chi connectivity index (χ1) is 9.18. The Labute approximate surface area is 119 Å². The third kappa shape index (κ3) is 4.41. The van der Waals surface area contributed by atoms with E-state index < -0.39 is 30.5 Å². The van der Waals surface area contributed by atoms with Gasteiger partial charge >= 0.3 is 5.97 Å². The quantitative estimate of drug-likeness (QED) is 0.627. The zero-order valence-corrected chi connectivity index (χ0v) is 12.6. The first-order valence-corrected chi connectivity index (χ1v) is 7.03. The number of aliphatic hydroxyl groups is 3. The summed E-state index contributed by atoms with van der Waals surface area (Å²) in [6, 6.07) is 0. The lowest BCUT2D eigenvalue weighted by Gasteiger charge is -2.39. The maximum atomic E-state index is 11.7. The Balaban J connectivity index is 2.47. The molecule has 1 fully saturated rings. The van der Waals surface area contributed by atoms with Crippen LogP contribution in [0.1, 0.15) is 40.5 Å². The Morgan fingerprint density at radius 1 is 1.20 bits per heavy atom. The highest BCUT2D eigenvalue weighted by Crippen LogP contribution is 2.25. The molecular formula is C14H26O6. The Bertz CT molecular complexity index is 330. The molecule has 5 unspecified atom stereocenters. The average Bonchev–Trinajstić information content (AvgIpc) is 2.38. The molecule has 6 nitrogen and oxygen atoms in total. The molecule has 0 aromatic carbocycles. The number of ether oxygens (including phenoxy) is 2. The van der Waals surface area contributed by atoms with Gasteiger partial charge in [-0.1, -0.05) is 27.2 Å². The topological polar surface area (TPSA) is 96.2 Å². The SMILES string of the molecule is CCC(C)(C)CC(=O)OCC1OC(C)C(O)C(O)C1O. The lowest BCUT2D eigenvalue weighted by Crippen LogP contribution is -2.57. The van der Waals surface area contributed by atoms with E-state index in [2.05, 4.69) is 0 Å². The molecule has 5 atom stereocenters. The Kier molecular flexibility index (Phi) is 5.94. The third-order valence-corrected chi connectivity index (χ3v) is 3.94. The maximum absolute atomic E-state index is 11.7. The molecule has 1 heterocycles. The predicted molar refractivity (Wildman–Crippen MR) is 72.0 cm³/mol. The summed E-state index contributed by atoms with van der Waals surface area (Å²) >= 11 is 0. The van der Waals surface area contributed by atoms with Crippen LogP contribution in [-0.2, 0) is 14.3 Å². The van der Waals surface area contributed by atoms with Gasteiger partial charge in [-0.15, -0.1) is 0 Å². The van der Waals surface area contributed by atoms with Crippen molar-refractivity contribution >= 4 is 5.97 Å². The first-order valence-electron chi connectivity index (χ1n) is 7.03. The second-order valence-corrected chi connectivity index (χ2v) is 6.23. The van der Waals surface area contributed by atoms with Crippen molar-refractivity contribution in [2.75, 3.05) is 6.61 Å². The van der Waals surface area contributed by atoms with Gasteiger partial charge in [-0.3, -0.25) is 4.79 Å². The summed E-state index contributed by atoms with van der Waals surface area (Å²) in [6.07, 6.45) is -4.01. The second-order valence-electron chi connectivity index (χ2n) is 6.23. The number of rotatable bonds is 5. The van der Waals surface area contributed by atoms with Gasteiger partial charge in [0.25, 0.3) is 0 Å². The van der Waals surface area contributed by atoms with Crippen molar-refractivity contribution in [1.29, 1.82) is 0 Å². The van der Waals surface area contributed by atoms with Gasteiger partial charge in [0.1, 0.15) is 31.0 Å². The minimum absolute atomic E-state index is 0.131. The summed E-state index contributed by atoms with van der Waals surface area (Å²) in [6.45, 7) is 7.41. The van der Waals surface area contributed by atoms with E-state index in [1.165, 1.54) is 0 Å². The van der Waals surface area contributed by atoms with Crippen LogP contribution in [0, 0.1) is 5.41 Å². The fraction of sp³-hybridized carbons (Fsp3) is 0.929. The summed E-state index contributed by atoms with van der Waals surface area (Å²) < 4.78 is 10.5. The molecule has 3 N–H and O–H groups in total. The van der Waals surface area contributed by atoms with Crippen LogP contribution >= 0.6 is 0 Å². The van der Waals surface area contributed by atoms with E-state index in [0.29, 0.717) is 0 Å². The molecule has 1 saturated heterocycles. The molecule has 118 valence electrons. The predicted octanol–water partition coefficient (Wildman–Crippen LogP) is 0.226. The highest BCUT2D eigenvalue weighted by molar-refractivity contribution is 5.70. The normalized spacial score (nSPS) is 34.9. The van der Waals surface area contributed by atoms with Crippen LogP contribution in [0.3, 0.4) is 0 Å². The number of aliphatic hydroxyl groups excluding tert-OH is 3. The molecule has 0 aromatic heterocycles. The molecule has 0 spiro atoms. The summed E-state index contributed by atoms with van der Waals surface area (Å²) in [4.78, 5) is 11.7. The number of hydrogen-bond acceptors (Lipinski definition) is 6. The minimum atomic E-state index is -1.30. The highest BCUT2D eigenvalue weighted by Gasteiger charge is 2.42. The van der Waals surface area contributed by atoms with E-state index in [9.17, 15) is 20.1 Å². The lowest BCUT2D eigenvalue weighted by atomic mass is 9.87. The van der Waals surface area contributed by atoms with E-state index >= 15 is 0 Å². The van der Waals surface area contributed by atoms with Gasteiger partial charge in [0.15, 0.2) is 0 Å². The van der Waals surface area contributed by atoms with Gasteiger partial charge in [-0.2, -0.15) is 0 Å². The third-order valence-electron chi connectivity index (χ3n) is 3.94. The molecule has 0 radical (unpaired) electrons. The molecule has 1 aliphatic rings. The van der Waals surface area contributed by atoms with Crippen molar-refractivity contribution in [3.8, 4) is 0 Å². The van der Waals surface area contributed by atoms with Crippen molar-refractivity contribution < 1.29 is 29.6 Å². The largest absolute Gasteiger partial charge is 0.463 e. The number of carbonyl (C=O) groups is 1. The van der Waals surface area contributed by atoms with Crippen LogP contribution in [0.2, 0.25) is 0 Å². The van der Waals surface area contributed by atoms with Gasteiger partial charge in [-0.25, -0.2) is 0 Å². The Hall–Kier alpha value is -0.690. The van der Waals surface area contributed by atoms with Crippen LogP contribution in [-0.4, -0.2) is 58.4 Å². The molecule has 0 amide bonds. The smallest absolute Gasteiger partial charge is 0.306 e. The second kappa shape index (κ2) is 6.85. The number of esters is 1. The van der Waals surface area contributed by atoms with Gasteiger partial charge in [0.2, 0.25) is 0 Å². The average molecular weight is 290 g/mol. The monoisotopic (exact) mass is 290 g/mol. The maximum Gasteiger partial charge on any atom is 0.306 e. The fourth-order valence-electron chi connectivity index (χ4n) is 2.02. The van der Waals surface area contributed by atoms with Gasteiger partial charge in [0.05, 0.1) is 12.5 Å². The summed E-state index contributed by atoms with van der Waals surface area (Å²) in [5.41, 5.74) is -0.133. The highest BCUT2D eigenvalue weighted by atomic mass is 16.6. The van der Waals surface area contributed by atoms with Crippen molar-refractivity contribution in [3.05, 3.63) is 0 Å². The van der Waals surface area contributed by atoms with Crippen molar-refractivity contribution in [2.24, 2.45) is 5.41 Å². The van der Waals surface area contributed by atoms with E-state index in [0.717, 1.165) is 6.42 Å². The van der Waals surface area contributed by atoms with E-state index in [1.54, 1.807) is 6.92 Å². The molecule has 0 saturated carbocycles. The number of carbonyl (C=O) groups excluding carboxylic acids is 1.